The molecule has 0 radical (unpaired) electrons. The van der Waals surface area contributed by atoms with Crippen LogP contribution in [0.5, 0.6) is 5.75 Å². The maximum atomic E-state index is 12.3. The molecule has 0 aliphatic carbocycles. The van der Waals surface area contributed by atoms with Crippen LogP contribution in [0, 0.1) is 0 Å². The molecule has 0 spiro atoms. The third-order valence-electron chi connectivity index (χ3n) is 3.60. The number of nitrogens with zero attached hydrogens (tertiary/aromatic N) is 1. The monoisotopic (exact) mass is 314 g/mol. The van der Waals surface area contributed by atoms with E-state index in [0.717, 1.165) is 23.3 Å². The topological polar surface area (TPSA) is 71.5 Å². The molecular formula is C18H22N2O3. The van der Waals surface area contributed by atoms with Gasteiger partial charge in [0.05, 0.1) is 12.7 Å². The Morgan fingerprint density at radius 3 is 2.65 bits per heavy atom. The zero-order valence-corrected chi connectivity index (χ0v) is 13.5. The lowest BCUT2D eigenvalue weighted by atomic mass is 10.1. The van der Waals surface area contributed by atoms with Crippen molar-refractivity contribution in [3.05, 3.63) is 48.3 Å². The number of nitrogens with one attached hydrogen (secondary N) is 1. The molecule has 1 amide bonds. The van der Waals surface area contributed by atoms with E-state index < -0.39 is 0 Å². The maximum absolute atomic E-state index is 12.3. The molecule has 122 valence electrons. The van der Waals surface area contributed by atoms with Gasteiger partial charge in [0, 0.05) is 30.6 Å². The van der Waals surface area contributed by atoms with E-state index in [2.05, 4.69) is 10.3 Å². The fourth-order valence-corrected chi connectivity index (χ4v) is 2.28. The van der Waals surface area contributed by atoms with Gasteiger partial charge in [-0.2, -0.15) is 0 Å². The van der Waals surface area contributed by atoms with E-state index in [1.807, 2.05) is 37.3 Å². The molecule has 0 bridgehead atoms. The standard InChI is InChI=1S/C18H22N2O3/c1-13(4-3-9-21)20-18(22)16-10-15(11-19-12-16)14-5-7-17(23-2)8-6-14/h5-8,10-13,21H,3-4,9H2,1-2H3,(H,20,22). The van der Waals surface area contributed by atoms with Crippen LogP contribution in [0.15, 0.2) is 42.7 Å². The quantitative estimate of drug-likeness (QED) is 0.824. The lowest BCUT2D eigenvalue weighted by molar-refractivity contribution is 0.0936. The highest BCUT2D eigenvalue weighted by Crippen LogP contribution is 2.22. The van der Waals surface area contributed by atoms with Crippen LogP contribution in [0.25, 0.3) is 11.1 Å². The maximum Gasteiger partial charge on any atom is 0.253 e. The Morgan fingerprint density at radius 1 is 1.26 bits per heavy atom. The second kappa shape index (κ2) is 8.29. The Kier molecular flexibility index (Phi) is 6.11. The van der Waals surface area contributed by atoms with Gasteiger partial charge in [0.2, 0.25) is 0 Å². The number of rotatable bonds is 7. The first kappa shape index (κ1) is 17.0. The molecule has 1 aromatic carbocycles. The van der Waals surface area contributed by atoms with Gasteiger partial charge >= 0.3 is 0 Å². The fraction of sp³-hybridized carbons (Fsp3) is 0.333. The second-order valence-electron chi connectivity index (χ2n) is 5.43. The number of carbonyl (C=O) groups is 1. The highest BCUT2D eigenvalue weighted by atomic mass is 16.5. The number of aromatic nitrogens is 1. The van der Waals surface area contributed by atoms with E-state index in [9.17, 15) is 4.79 Å². The molecule has 5 nitrogen and oxygen atoms in total. The number of hydrogen-bond acceptors (Lipinski definition) is 4. The number of benzene rings is 1. The van der Waals surface area contributed by atoms with Gasteiger partial charge in [-0.1, -0.05) is 12.1 Å². The minimum Gasteiger partial charge on any atom is -0.497 e. The van der Waals surface area contributed by atoms with Crippen LogP contribution in [-0.2, 0) is 0 Å². The summed E-state index contributed by atoms with van der Waals surface area (Å²) >= 11 is 0. The highest BCUT2D eigenvalue weighted by Gasteiger charge is 2.11. The first-order valence-electron chi connectivity index (χ1n) is 7.65. The van der Waals surface area contributed by atoms with Crippen molar-refractivity contribution in [1.82, 2.24) is 10.3 Å². The normalized spacial score (nSPS) is 11.8. The number of methoxy groups -OCH3 is 1. The van der Waals surface area contributed by atoms with Crippen molar-refractivity contribution < 1.29 is 14.6 Å². The molecule has 1 atom stereocenters. The van der Waals surface area contributed by atoms with E-state index >= 15 is 0 Å². The SMILES string of the molecule is COc1ccc(-c2cncc(C(=O)NC(C)CCCO)c2)cc1. The van der Waals surface area contributed by atoms with Crippen LogP contribution in [0.1, 0.15) is 30.1 Å². The van der Waals surface area contributed by atoms with Crippen molar-refractivity contribution in [3.63, 3.8) is 0 Å². The summed E-state index contributed by atoms with van der Waals surface area (Å²) in [6.07, 6.45) is 4.70. The minimum absolute atomic E-state index is 0.0132. The first-order chi connectivity index (χ1) is 11.1. The summed E-state index contributed by atoms with van der Waals surface area (Å²) in [7, 11) is 1.62. The molecule has 2 rings (SSSR count). The summed E-state index contributed by atoms with van der Waals surface area (Å²) in [5.41, 5.74) is 2.37. The van der Waals surface area contributed by atoms with Crippen LogP contribution in [0.3, 0.4) is 0 Å². The van der Waals surface area contributed by atoms with E-state index in [0.29, 0.717) is 12.0 Å². The Morgan fingerprint density at radius 2 is 2.00 bits per heavy atom. The van der Waals surface area contributed by atoms with Gasteiger partial charge in [0.1, 0.15) is 5.75 Å². The van der Waals surface area contributed by atoms with Gasteiger partial charge in [-0.15, -0.1) is 0 Å². The van der Waals surface area contributed by atoms with E-state index in [4.69, 9.17) is 9.84 Å². The van der Waals surface area contributed by atoms with Crippen LogP contribution < -0.4 is 10.1 Å². The minimum atomic E-state index is -0.154. The van der Waals surface area contributed by atoms with E-state index in [-0.39, 0.29) is 18.6 Å². The average molecular weight is 314 g/mol. The summed E-state index contributed by atoms with van der Waals surface area (Å²) in [6.45, 7) is 2.06. The molecular weight excluding hydrogens is 292 g/mol. The van der Waals surface area contributed by atoms with Gasteiger partial charge in [-0.3, -0.25) is 9.78 Å². The predicted octanol–water partition coefficient (Wildman–Crippen LogP) is 2.65. The molecule has 2 N–H and O–H groups in total. The first-order valence-corrected chi connectivity index (χ1v) is 7.65. The van der Waals surface area contributed by atoms with Crippen LogP contribution in [-0.4, -0.2) is 35.8 Å². The second-order valence-corrected chi connectivity index (χ2v) is 5.43. The molecule has 5 heteroatoms. The zero-order chi connectivity index (χ0) is 16.7. The summed E-state index contributed by atoms with van der Waals surface area (Å²) in [6, 6.07) is 9.45. The van der Waals surface area contributed by atoms with Gasteiger partial charge in [-0.05, 0) is 43.5 Å². The Balaban J connectivity index is 2.10. The molecule has 1 unspecified atom stereocenters. The van der Waals surface area contributed by atoms with E-state index in [1.54, 1.807) is 19.5 Å². The van der Waals surface area contributed by atoms with E-state index in [1.165, 1.54) is 0 Å². The molecule has 0 saturated heterocycles. The van der Waals surface area contributed by atoms with Crippen LogP contribution >= 0.6 is 0 Å². The predicted molar refractivity (Wildman–Crippen MR) is 89.5 cm³/mol. The Hall–Kier alpha value is -2.40. The Labute approximate surface area is 136 Å². The Bertz CT molecular complexity index is 641. The van der Waals surface area contributed by atoms with Gasteiger partial charge < -0.3 is 15.2 Å². The van der Waals surface area contributed by atoms with Crippen molar-refractivity contribution in [1.29, 1.82) is 0 Å². The lowest BCUT2D eigenvalue weighted by Gasteiger charge is -2.13. The molecule has 1 heterocycles. The summed E-state index contributed by atoms with van der Waals surface area (Å²) in [4.78, 5) is 16.4. The smallest absolute Gasteiger partial charge is 0.253 e. The zero-order valence-electron chi connectivity index (χ0n) is 13.5. The van der Waals surface area contributed by atoms with Crippen LogP contribution in [0.2, 0.25) is 0 Å². The lowest BCUT2D eigenvalue weighted by Crippen LogP contribution is -2.32. The van der Waals surface area contributed by atoms with Crippen LogP contribution in [0.4, 0.5) is 0 Å². The number of hydrogen-bond donors (Lipinski definition) is 2. The molecule has 0 fully saturated rings. The van der Waals surface area contributed by atoms with Crippen molar-refractivity contribution >= 4 is 5.91 Å². The highest BCUT2D eigenvalue weighted by molar-refractivity contribution is 5.95. The fourth-order valence-electron chi connectivity index (χ4n) is 2.28. The molecule has 0 aliphatic rings. The van der Waals surface area contributed by atoms with Crippen molar-refractivity contribution in [3.8, 4) is 16.9 Å². The summed E-state index contributed by atoms with van der Waals surface area (Å²) in [5.74, 6) is 0.631. The number of ether oxygens (including phenoxy) is 1. The van der Waals surface area contributed by atoms with Crippen molar-refractivity contribution in [2.45, 2.75) is 25.8 Å². The van der Waals surface area contributed by atoms with Gasteiger partial charge in [0.15, 0.2) is 0 Å². The van der Waals surface area contributed by atoms with Gasteiger partial charge in [-0.25, -0.2) is 0 Å². The number of pyridine rings is 1. The van der Waals surface area contributed by atoms with Crippen molar-refractivity contribution in [2.75, 3.05) is 13.7 Å². The third kappa shape index (κ3) is 4.79. The molecule has 0 saturated carbocycles. The molecule has 23 heavy (non-hydrogen) atoms. The number of aliphatic hydroxyl groups excluding tert-OH is 1. The molecule has 0 aliphatic heterocycles. The number of amides is 1. The average Bonchev–Trinajstić information content (AvgIpc) is 2.60. The molecule has 1 aromatic heterocycles. The van der Waals surface area contributed by atoms with Crippen molar-refractivity contribution in [2.24, 2.45) is 0 Å². The third-order valence-corrected chi connectivity index (χ3v) is 3.60. The largest absolute Gasteiger partial charge is 0.497 e. The van der Waals surface area contributed by atoms with Gasteiger partial charge in [0.25, 0.3) is 5.91 Å². The summed E-state index contributed by atoms with van der Waals surface area (Å²) in [5, 5.41) is 11.8. The summed E-state index contributed by atoms with van der Waals surface area (Å²) < 4.78 is 5.15. The molecule has 2 aromatic rings. The number of aliphatic hydroxyl groups is 1. The number of carbonyl (C=O) groups excluding carboxylic acids is 1.